The molecular formula is C14H19NO2. The van der Waals surface area contributed by atoms with E-state index in [0.717, 1.165) is 18.5 Å². The van der Waals surface area contributed by atoms with Gasteiger partial charge in [-0.3, -0.25) is 4.79 Å². The van der Waals surface area contributed by atoms with E-state index in [4.69, 9.17) is 4.74 Å². The van der Waals surface area contributed by atoms with Crippen LogP contribution in [0, 0.1) is 5.92 Å². The molecule has 3 nitrogen and oxygen atoms in total. The van der Waals surface area contributed by atoms with Crippen molar-refractivity contribution in [3.8, 4) is 5.75 Å². The maximum atomic E-state index is 10.5. The van der Waals surface area contributed by atoms with E-state index in [2.05, 4.69) is 11.9 Å². The molecule has 0 N–H and O–H groups in total. The fourth-order valence-electron chi connectivity index (χ4n) is 2.50. The standard InChI is InChI=1S/C14H19NO2/c1-2-11-5-3-4-6-14(11)17-13-8-7-12(10-16)15-9-13/h7-11,14H,2-6H2,1H3. The molecule has 2 unspecified atom stereocenters. The van der Waals surface area contributed by atoms with Crippen LogP contribution in [0.15, 0.2) is 18.3 Å². The number of carbonyl (C=O) groups excluding carboxylic acids is 1. The molecule has 0 saturated heterocycles. The third-order valence-corrected chi connectivity index (χ3v) is 3.53. The maximum Gasteiger partial charge on any atom is 0.168 e. The number of aromatic nitrogens is 1. The fourth-order valence-corrected chi connectivity index (χ4v) is 2.50. The van der Waals surface area contributed by atoms with Crippen LogP contribution in [0.1, 0.15) is 49.5 Å². The highest BCUT2D eigenvalue weighted by Gasteiger charge is 2.25. The lowest BCUT2D eigenvalue weighted by atomic mass is 9.85. The predicted octanol–water partition coefficient (Wildman–Crippen LogP) is 3.24. The Balaban J connectivity index is 2.00. The van der Waals surface area contributed by atoms with Crippen molar-refractivity contribution < 1.29 is 9.53 Å². The first-order valence-corrected chi connectivity index (χ1v) is 6.41. The van der Waals surface area contributed by atoms with Gasteiger partial charge in [0, 0.05) is 0 Å². The highest BCUT2D eigenvalue weighted by atomic mass is 16.5. The normalized spacial score (nSPS) is 24.3. The first kappa shape index (κ1) is 12.1. The summed E-state index contributed by atoms with van der Waals surface area (Å²) in [5.41, 5.74) is 0.452. The van der Waals surface area contributed by atoms with Crippen LogP contribution < -0.4 is 4.74 Å². The molecule has 1 aromatic heterocycles. The molecule has 1 aliphatic rings. The van der Waals surface area contributed by atoms with E-state index in [1.54, 1.807) is 12.3 Å². The van der Waals surface area contributed by atoms with E-state index in [9.17, 15) is 4.79 Å². The summed E-state index contributed by atoms with van der Waals surface area (Å²) in [5, 5.41) is 0. The van der Waals surface area contributed by atoms with Crippen LogP contribution in [0.3, 0.4) is 0 Å². The van der Waals surface area contributed by atoms with Crippen molar-refractivity contribution in [3.05, 3.63) is 24.0 Å². The van der Waals surface area contributed by atoms with E-state index in [0.29, 0.717) is 17.7 Å². The molecule has 92 valence electrons. The zero-order valence-electron chi connectivity index (χ0n) is 10.3. The number of ether oxygens (including phenoxy) is 1. The topological polar surface area (TPSA) is 39.2 Å². The van der Waals surface area contributed by atoms with E-state index >= 15 is 0 Å². The zero-order chi connectivity index (χ0) is 12.1. The molecule has 0 aliphatic heterocycles. The average Bonchev–Trinajstić information content (AvgIpc) is 2.40. The number of pyridine rings is 1. The van der Waals surface area contributed by atoms with Crippen LogP contribution in [0.4, 0.5) is 0 Å². The second kappa shape index (κ2) is 5.80. The summed E-state index contributed by atoms with van der Waals surface area (Å²) in [6, 6.07) is 3.53. The van der Waals surface area contributed by atoms with Gasteiger partial charge in [-0.2, -0.15) is 0 Å². The Labute approximate surface area is 102 Å². The lowest BCUT2D eigenvalue weighted by molar-refractivity contribution is 0.0899. The summed E-state index contributed by atoms with van der Waals surface area (Å²) in [6.45, 7) is 2.22. The van der Waals surface area contributed by atoms with Crippen LogP contribution in [-0.4, -0.2) is 17.4 Å². The van der Waals surface area contributed by atoms with Gasteiger partial charge in [0.2, 0.25) is 0 Å². The minimum atomic E-state index is 0.317. The summed E-state index contributed by atoms with van der Waals surface area (Å²) in [4.78, 5) is 14.5. The molecule has 0 spiro atoms. The summed E-state index contributed by atoms with van der Waals surface area (Å²) in [5.74, 6) is 1.44. The second-order valence-corrected chi connectivity index (χ2v) is 4.65. The van der Waals surface area contributed by atoms with Crippen LogP contribution in [-0.2, 0) is 0 Å². The molecule has 3 heteroatoms. The highest BCUT2D eigenvalue weighted by molar-refractivity contribution is 5.71. The van der Waals surface area contributed by atoms with Gasteiger partial charge >= 0.3 is 0 Å². The predicted molar refractivity (Wildman–Crippen MR) is 66.3 cm³/mol. The van der Waals surface area contributed by atoms with Gasteiger partial charge < -0.3 is 4.74 Å². The molecular weight excluding hydrogens is 214 g/mol. The molecule has 0 amide bonds. The van der Waals surface area contributed by atoms with E-state index < -0.39 is 0 Å². The Morgan fingerprint density at radius 1 is 1.41 bits per heavy atom. The van der Waals surface area contributed by atoms with Crippen molar-refractivity contribution in [1.82, 2.24) is 4.98 Å². The van der Waals surface area contributed by atoms with Gasteiger partial charge in [0.1, 0.15) is 17.5 Å². The Morgan fingerprint density at radius 3 is 2.88 bits per heavy atom. The quantitative estimate of drug-likeness (QED) is 0.749. The van der Waals surface area contributed by atoms with Crippen molar-refractivity contribution in [2.45, 2.75) is 45.1 Å². The molecule has 2 rings (SSSR count). The molecule has 0 bridgehead atoms. The van der Waals surface area contributed by atoms with Crippen molar-refractivity contribution in [3.63, 3.8) is 0 Å². The van der Waals surface area contributed by atoms with E-state index in [1.807, 2.05) is 6.07 Å². The molecule has 1 fully saturated rings. The van der Waals surface area contributed by atoms with Crippen molar-refractivity contribution in [1.29, 1.82) is 0 Å². The van der Waals surface area contributed by atoms with Gasteiger partial charge in [0.25, 0.3) is 0 Å². The molecule has 0 radical (unpaired) electrons. The minimum Gasteiger partial charge on any atom is -0.489 e. The first-order chi connectivity index (χ1) is 8.33. The number of hydrogen-bond donors (Lipinski definition) is 0. The largest absolute Gasteiger partial charge is 0.489 e. The average molecular weight is 233 g/mol. The summed E-state index contributed by atoms with van der Waals surface area (Å²) in [6.07, 6.45) is 8.85. The maximum absolute atomic E-state index is 10.5. The second-order valence-electron chi connectivity index (χ2n) is 4.65. The fraction of sp³-hybridized carbons (Fsp3) is 0.571. The zero-order valence-corrected chi connectivity index (χ0v) is 10.3. The number of rotatable bonds is 4. The SMILES string of the molecule is CCC1CCCCC1Oc1ccc(C=O)nc1. The van der Waals surface area contributed by atoms with Crippen molar-refractivity contribution in [2.24, 2.45) is 5.92 Å². The third kappa shape index (κ3) is 3.05. The Bertz CT molecular complexity index is 361. The van der Waals surface area contributed by atoms with Gasteiger partial charge in [-0.1, -0.05) is 13.3 Å². The van der Waals surface area contributed by atoms with Crippen LogP contribution in [0.2, 0.25) is 0 Å². The third-order valence-electron chi connectivity index (χ3n) is 3.53. The lowest BCUT2D eigenvalue weighted by Gasteiger charge is -2.31. The number of carbonyl (C=O) groups is 1. The summed E-state index contributed by atoms with van der Waals surface area (Å²) in [7, 11) is 0. The molecule has 0 aromatic carbocycles. The number of hydrogen-bond acceptors (Lipinski definition) is 3. The van der Waals surface area contributed by atoms with Crippen molar-refractivity contribution in [2.75, 3.05) is 0 Å². The molecule has 1 saturated carbocycles. The monoisotopic (exact) mass is 233 g/mol. The summed E-state index contributed by atoms with van der Waals surface area (Å²) < 4.78 is 5.98. The Hall–Kier alpha value is -1.38. The molecule has 17 heavy (non-hydrogen) atoms. The number of aldehydes is 1. The van der Waals surface area contributed by atoms with Gasteiger partial charge in [0.15, 0.2) is 6.29 Å². The van der Waals surface area contributed by atoms with E-state index in [1.165, 1.54) is 25.7 Å². The lowest BCUT2D eigenvalue weighted by Crippen LogP contribution is -2.29. The first-order valence-electron chi connectivity index (χ1n) is 6.41. The van der Waals surface area contributed by atoms with E-state index in [-0.39, 0.29) is 0 Å². The van der Waals surface area contributed by atoms with Gasteiger partial charge in [-0.15, -0.1) is 0 Å². The molecule has 2 atom stereocenters. The highest BCUT2D eigenvalue weighted by Crippen LogP contribution is 2.30. The Morgan fingerprint density at radius 2 is 2.24 bits per heavy atom. The van der Waals surface area contributed by atoms with Crippen LogP contribution in [0.25, 0.3) is 0 Å². The number of nitrogens with zero attached hydrogens (tertiary/aromatic N) is 1. The molecule has 1 aromatic rings. The molecule has 1 heterocycles. The molecule has 1 aliphatic carbocycles. The van der Waals surface area contributed by atoms with Gasteiger partial charge in [0.05, 0.1) is 6.20 Å². The Kier molecular flexibility index (Phi) is 4.13. The van der Waals surface area contributed by atoms with Gasteiger partial charge in [-0.25, -0.2) is 4.98 Å². The summed E-state index contributed by atoms with van der Waals surface area (Å²) >= 11 is 0. The smallest absolute Gasteiger partial charge is 0.168 e. The van der Waals surface area contributed by atoms with Crippen molar-refractivity contribution >= 4 is 6.29 Å². The van der Waals surface area contributed by atoms with Gasteiger partial charge in [-0.05, 0) is 43.7 Å². The minimum absolute atomic E-state index is 0.317. The van der Waals surface area contributed by atoms with Crippen LogP contribution in [0.5, 0.6) is 5.75 Å². The van der Waals surface area contributed by atoms with Crippen LogP contribution >= 0.6 is 0 Å².